The first-order chi connectivity index (χ1) is 9.56. The van der Waals surface area contributed by atoms with Gasteiger partial charge >= 0.3 is 5.97 Å². The molecule has 0 radical (unpaired) electrons. The predicted octanol–water partition coefficient (Wildman–Crippen LogP) is 2.36. The van der Waals surface area contributed by atoms with Crippen molar-refractivity contribution in [2.75, 3.05) is 0 Å². The quantitative estimate of drug-likeness (QED) is 0.877. The first kappa shape index (κ1) is 14.1. The van der Waals surface area contributed by atoms with Crippen molar-refractivity contribution in [2.24, 2.45) is 0 Å². The molecule has 1 atom stereocenters. The van der Waals surface area contributed by atoms with Crippen molar-refractivity contribution in [2.45, 2.75) is 25.8 Å². The van der Waals surface area contributed by atoms with Gasteiger partial charge in [-0.3, -0.25) is 9.59 Å². The molecular weight excluding hydrogens is 254 g/mol. The Morgan fingerprint density at radius 3 is 2.55 bits per heavy atom. The van der Waals surface area contributed by atoms with Gasteiger partial charge in [0.05, 0.1) is 0 Å². The van der Waals surface area contributed by atoms with Gasteiger partial charge in [-0.15, -0.1) is 0 Å². The van der Waals surface area contributed by atoms with Crippen molar-refractivity contribution in [3.05, 3.63) is 48.0 Å². The molecule has 2 N–H and O–H groups in total. The lowest BCUT2D eigenvalue weighted by atomic mass is 10.0. The Morgan fingerprint density at radius 2 is 1.85 bits per heavy atom. The van der Waals surface area contributed by atoms with Crippen LogP contribution in [0.3, 0.4) is 0 Å². The summed E-state index contributed by atoms with van der Waals surface area (Å²) < 4.78 is 0. The zero-order valence-electron chi connectivity index (χ0n) is 11.3. The molecule has 0 aromatic heterocycles. The molecule has 4 heteroatoms. The smallest absolute Gasteiger partial charge is 0.325 e. The number of hydrogen-bond acceptors (Lipinski definition) is 2. The highest BCUT2D eigenvalue weighted by atomic mass is 16.4. The number of carbonyl (C=O) groups excluding carboxylic acids is 1. The van der Waals surface area contributed by atoms with Crippen LogP contribution in [0.2, 0.25) is 0 Å². The summed E-state index contributed by atoms with van der Waals surface area (Å²) in [5, 5.41) is 13.5. The fourth-order valence-electron chi connectivity index (χ4n) is 2.03. The maximum atomic E-state index is 11.6. The standard InChI is InChI=1S/C16H17NO3/c1-11(16(19)20)17-15(18)9-7-12-6-8-13-4-2-3-5-14(13)10-12/h2-6,8,10-11H,7,9H2,1H3,(H,17,18)(H,19,20). The average Bonchev–Trinajstić information content (AvgIpc) is 2.44. The number of nitrogens with one attached hydrogen (secondary N) is 1. The fourth-order valence-corrected chi connectivity index (χ4v) is 2.03. The van der Waals surface area contributed by atoms with Gasteiger partial charge < -0.3 is 10.4 Å². The molecule has 0 aliphatic heterocycles. The van der Waals surface area contributed by atoms with Crippen molar-refractivity contribution < 1.29 is 14.7 Å². The van der Waals surface area contributed by atoms with Gasteiger partial charge in [0.15, 0.2) is 0 Å². The van der Waals surface area contributed by atoms with Gasteiger partial charge in [-0.25, -0.2) is 0 Å². The Labute approximate surface area is 117 Å². The topological polar surface area (TPSA) is 66.4 Å². The van der Waals surface area contributed by atoms with Crippen molar-refractivity contribution in [3.63, 3.8) is 0 Å². The molecule has 20 heavy (non-hydrogen) atoms. The number of rotatable bonds is 5. The van der Waals surface area contributed by atoms with E-state index in [1.165, 1.54) is 12.3 Å². The molecule has 2 rings (SSSR count). The highest BCUT2D eigenvalue weighted by Crippen LogP contribution is 2.16. The SMILES string of the molecule is CC(NC(=O)CCc1ccc2ccccc2c1)C(=O)O. The monoisotopic (exact) mass is 271 g/mol. The normalized spacial score (nSPS) is 12.1. The molecule has 0 aliphatic rings. The number of amides is 1. The molecule has 0 fully saturated rings. The Kier molecular flexibility index (Phi) is 4.35. The van der Waals surface area contributed by atoms with Crippen LogP contribution >= 0.6 is 0 Å². The summed E-state index contributed by atoms with van der Waals surface area (Å²) in [5.41, 5.74) is 1.07. The molecule has 1 amide bonds. The van der Waals surface area contributed by atoms with E-state index in [9.17, 15) is 9.59 Å². The molecule has 4 nitrogen and oxygen atoms in total. The van der Waals surface area contributed by atoms with E-state index in [-0.39, 0.29) is 12.3 Å². The van der Waals surface area contributed by atoms with Gasteiger partial charge in [0, 0.05) is 6.42 Å². The number of carboxylic acids is 1. The highest BCUT2D eigenvalue weighted by molar-refractivity contribution is 5.84. The van der Waals surface area contributed by atoms with Crippen molar-refractivity contribution in [3.8, 4) is 0 Å². The van der Waals surface area contributed by atoms with Gasteiger partial charge in [0.2, 0.25) is 5.91 Å². The van der Waals surface area contributed by atoms with Gasteiger partial charge in [-0.2, -0.15) is 0 Å². The highest BCUT2D eigenvalue weighted by Gasteiger charge is 2.13. The van der Waals surface area contributed by atoms with Crippen molar-refractivity contribution in [1.82, 2.24) is 5.32 Å². The first-order valence-electron chi connectivity index (χ1n) is 6.56. The van der Waals surface area contributed by atoms with Crippen LogP contribution in [0.1, 0.15) is 18.9 Å². The summed E-state index contributed by atoms with van der Waals surface area (Å²) in [7, 11) is 0. The Balaban J connectivity index is 1.95. The van der Waals surface area contributed by atoms with Crippen molar-refractivity contribution >= 4 is 22.6 Å². The number of carbonyl (C=O) groups is 2. The maximum Gasteiger partial charge on any atom is 0.325 e. The molecule has 0 saturated carbocycles. The summed E-state index contributed by atoms with van der Waals surface area (Å²) in [6.45, 7) is 1.45. The number of aliphatic carboxylic acids is 1. The van der Waals surface area contributed by atoms with E-state index in [4.69, 9.17) is 5.11 Å². The van der Waals surface area contributed by atoms with Crippen LogP contribution in [-0.2, 0) is 16.0 Å². The molecule has 1 unspecified atom stereocenters. The van der Waals surface area contributed by atoms with Crippen LogP contribution in [0.5, 0.6) is 0 Å². The van der Waals surface area contributed by atoms with Crippen LogP contribution in [0.4, 0.5) is 0 Å². The molecule has 0 spiro atoms. The van der Waals surface area contributed by atoms with E-state index in [1.807, 2.05) is 36.4 Å². The number of hydrogen-bond donors (Lipinski definition) is 2. The lowest BCUT2D eigenvalue weighted by molar-refractivity contribution is -0.141. The van der Waals surface area contributed by atoms with Crippen LogP contribution in [0.25, 0.3) is 10.8 Å². The molecule has 0 saturated heterocycles. The molecule has 104 valence electrons. The molecule has 0 bridgehead atoms. The van der Waals surface area contributed by atoms with E-state index in [1.54, 1.807) is 0 Å². The minimum Gasteiger partial charge on any atom is -0.480 e. The zero-order chi connectivity index (χ0) is 14.5. The lowest BCUT2D eigenvalue weighted by Crippen LogP contribution is -2.38. The second-order valence-corrected chi connectivity index (χ2v) is 4.81. The molecule has 0 aliphatic carbocycles. The average molecular weight is 271 g/mol. The molecule has 2 aromatic carbocycles. The van der Waals surface area contributed by atoms with E-state index in [2.05, 4.69) is 11.4 Å². The van der Waals surface area contributed by atoms with Crippen LogP contribution in [-0.4, -0.2) is 23.0 Å². The third kappa shape index (κ3) is 3.57. The van der Waals surface area contributed by atoms with E-state index in [0.29, 0.717) is 6.42 Å². The van der Waals surface area contributed by atoms with E-state index < -0.39 is 12.0 Å². The summed E-state index contributed by atoms with van der Waals surface area (Å²) in [4.78, 5) is 22.3. The van der Waals surface area contributed by atoms with Gasteiger partial charge in [-0.1, -0.05) is 42.5 Å². The molecule has 0 heterocycles. The summed E-state index contributed by atoms with van der Waals surface area (Å²) in [5.74, 6) is -1.27. The molecule has 2 aromatic rings. The Morgan fingerprint density at radius 1 is 1.15 bits per heavy atom. The van der Waals surface area contributed by atoms with Gasteiger partial charge in [0.25, 0.3) is 0 Å². The van der Waals surface area contributed by atoms with Crippen LogP contribution in [0.15, 0.2) is 42.5 Å². The minimum atomic E-state index is -1.02. The third-order valence-electron chi connectivity index (χ3n) is 3.20. The second kappa shape index (κ2) is 6.19. The van der Waals surface area contributed by atoms with Gasteiger partial charge in [0.1, 0.15) is 6.04 Å². The van der Waals surface area contributed by atoms with Gasteiger partial charge in [-0.05, 0) is 29.7 Å². The maximum absolute atomic E-state index is 11.6. The number of carboxylic acid groups (broad SMARTS) is 1. The summed E-state index contributed by atoms with van der Waals surface area (Å²) in [6, 6.07) is 13.3. The second-order valence-electron chi connectivity index (χ2n) is 4.81. The van der Waals surface area contributed by atoms with Crippen LogP contribution < -0.4 is 5.32 Å². The molecular formula is C16H17NO3. The minimum absolute atomic E-state index is 0.243. The Hall–Kier alpha value is -2.36. The zero-order valence-corrected chi connectivity index (χ0v) is 11.3. The van der Waals surface area contributed by atoms with E-state index in [0.717, 1.165) is 10.9 Å². The Bertz CT molecular complexity index is 636. The third-order valence-corrected chi connectivity index (χ3v) is 3.20. The van der Waals surface area contributed by atoms with Crippen molar-refractivity contribution in [1.29, 1.82) is 0 Å². The predicted molar refractivity (Wildman–Crippen MR) is 77.5 cm³/mol. The van der Waals surface area contributed by atoms with Crippen LogP contribution in [0, 0.1) is 0 Å². The summed E-state index contributed by atoms with van der Waals surface area (Å²) >= 11 is 0. The summed E-state index contributed by atoms with van der Waals surface area (Å²) in [6.07, 6.45) is 0.888. The number of fused-ring (bicyclic) bond motifs is 1. The largest absolute Gasteiger partial charge is 0.480 e. The fraction of sp³-hybridized carbons (Fsp3) is 0.250. The lowest BCUT2D eigenvalue weighted by Gasteiger charge is -2.09. The van der Waals surface area contributed by atoms with E-state index >= 15 is 0 Å². The number of aryl methyl sites for hydroxylation is 1. The number of benzene rings is 2. The first-order valence-corrected chi connectivity index (χ1v) is 6.56.